The molecule has 1 aliphatic heterocycles. The van der Waals surface area contributed by atoms with Gasteiger partial charge in [-0.05, 0) is 55.1 Å². The number of anilines is 1. The minimum Gasteiger partial charge on any atom is -0.494 e. The van der Waals surface area contributed by atoms with Crippen molar-refractivity contribution in [2.45, 2.75) is 20.4 Å². The first-order chi connectivity index (χ1) is 13.7. The largest absolute Gasteiger partial charge is 0.494 e. The number of thiophene rings is 1. The lowest BCUT2D eigenvalue weighted by molar-refractivity contribution is 0.0349. The maximum absolute atomic E-state index is 13.0. The van der Waals surface area contributed by atoms with Crippen LogP contribution in [0.5, 0.6) is 5.75 Å². The van der Waals surface area contributed by atoms with Crippen molar-refractivity contribution in [1.82, 2.24) is 9.80 Å². The first kappa shape index (κ1) is 20.6. The van der Waals surface area contributed by atoms with Crippen molar-refractivity contribution in [3.8, 4) is 5.75 Å². The molecule has 7 heteroatoms. The zero-order valence-corrected chi connectivity index (χ0v) is 17.5. The Labute approximate surface area is 171 Å². The standard InChI is InChI=1S/C21H29N3O3S/c1-3-27-19-6-4-18(5-7-19)22-21(25)24(16-20-17(2)8-15-28-20)10-9-23-11-13-26-14-12-23/h4-8,15H,3,9-14,16H2,1-2H3,(H,22,25). The number of rotatable bonds is 8. The number of urea groups is 1. The summed E-state index contributed by atoms with van der Waals surface area (Å²) in [7, 11) is 0. The number of amides is 2. The highest BCUT2D eigenvalue weighted by atomic mass is 32.1. The van der Waals surface area contributed by atoms with Crippen LogP contribution in [0.2, 0.25) is 0 Å². The van der Waals surface area contributed by atoms with E-state index in [-0.39, 0.29) is 6.03 Å². The summed E-state index contributed by atoms with van der Waals surface area (Å²) in [6.45, 7) is 10.2. The molecule has 6 nitrogen and oxygen atoms in total. The molecule has 2 heterocycles. The van der Waals surface area contributed by atoms with Gasteiger partial charge in [0.05, 0.1) is 26.4 Å². The third-order valence-corrected chi connectivity index (χ3v) is 5.80. The van der Waals surface area contributed by atoms with Gasteiger partial charge in [-0.25, -0.2) is 4.79 Å². The maximum atomic E-state index is 13.0. The molecule has 0 radical (unpaired) electrons. The minimum atomic E-state index is -0.0785. The molecule has 152 valence electrons. The van der Waals surface area contributed by atoms with Crippen LogP contribution in [0.3, 0.4) is 0 Å². The smallest absolute Gasteiger partial charge is 0.322 e. The van der Waals surface area contributed by atoms with E-state index in [4.69, 9.17) is 9.47 Å². The van der Waals surface area contributed by atoms with E-state index in [0.29, 0.717) is 19.7 Å². The Morgan fingerprint density at radius 1 is 1.25 bits per heavy atom. The Kier molecular flexibility index (Phi) is 7.71. The van der Waals surface area contributed by atoms with E-state index in [0.717, 1.165) is 44.3 Å². The highest BCUT2D eigenvalue weighted by molar-refractivity contribution is 7.10. The molecule has 0 saturated carbocycles. The van der Waals surface area contributed by atoms with Crippen LogP contribution in [0.1, 0.15) is 17.4 Å². The molecule has 0 spiro atoms. The van der Waals surface area contributed by atoms with Gasteiger partial charge in [-0.1, -0.05) is 0 Å². The molecule has 1 N–H and O–H groups in total. The number of benzene rings is 1. The van der Waals surface area contributed by atoms with Crippen molar-refractivity contribution >= 4 is 23.1 Å². The molecule has 0 atom stereocenters. The fraction of sp³-hybridized carbons (Fsp3) is 0.476. The van der Waals surface area contributed by atoms with Gasteiger partial charge in [-0.15, -0.1) is 11.3 Å². The molecule has 1 aliphatic rings. The second kappa shape index (κ2) is 10.5. The summed E-state index contributed by atoms with van der Waals surface area (Å²) in [5, 5.41) is 5.10. The molecule has 1 fully saturated rings. The summed E-state index contributed by atoms with van der Waals surface area (Å²) in [6, 6.07) is 9.52. The summed E-state index contributed by atoms with van der Waals surface area (Å²) in [5.74, 6) is 0.805. The van der Waals surface area contributed by atoms with E-state index in [1.807, 2.05) is 36.1 Å². The van der Waals surface area contributed by atoms with Gasteiger partial charge < -0.3 is 19.7 Å². The summed E-state index contributed by atoms with van der Waals surface area (Å²) >= 11 is 1.70. The Hall–Kier alpha value is -2.09. The third kappa shape index (κ3) is 5.95. The summed E-state index contributed by atoms with van der Waals surface area (Å²) in [5.41, 5.74) is 2.00. The number of morpholine rings is 1. The fourth-order valence-electron chi connectivity index (χ4n) is 3.08. The zero-order chi connectivity index (χ0) is 19.8. The average molecular weight is 404 g/mol. The van der Waals surface area contributed by atoms with Crippen LogP contribution in [0.15, 0.2) is 35.7 Å². The van der Waals surface area contributed by atoms with Crippen LogP contribution in [-0.2, 0) is 11.3 Å². The van der Waals surface area contributed by atoms with E-state index in [9.17, 15) is 4.79 Å². The zero-order valence-electron chi connectivity index (χ0n) is 16.6. The summed E-state index contributed by atoms with van der Waals surface area (Å²) in [6.07, 6.45) is 0. The number of nitrogens with zero attached hydrogens (tertiary/aromatic N) is 2. The topological polar surface area (TPSA) is 54.0 Å². The van der Waals surface area contributed by atoms with E-state index in [2.05, 4.69) is 28.6 Å². The lowest BCUT2D eigenvalue weighted by Gasteiger charge is -2.30. The van der Waals surface area contributed by atoms with E-state index < -0.39 is 0 Å². The normalized spacial score (nSPS) is 14.6. The molecule has 2 aromatic rings. The molecule has 2 amide bonds. The quantitative estimate of drug-likeness (QED) is 0.728. The highest BCUT2D eigenvalue weighted by Crippen LogP contribution is 2.20. The van der Waals surface area contributed by atoms with Crippen LogP contribution in [0, 0.1) is 6.92 Å². The van der Waals surface area contributed by atoms with Gasteiger partial charge in [0.25, 0.3) is 0 Å². The van der Waals surface area contributed by atoms with Gasteiger partial charge in [-0.3, -0.25) is 4.90 Å². The van der Waals surface area contributed by atoms with Crippen molar-refractivity contribution in [2.75, 3.05) is 51.3 Å². The Balaban J connectivity index is 1.63. The van der Waals surface area contributed by atoms with Gasteiger partial charge in [0, 0.05) is 36.7 Å². The fourth-order valence-corrected chi connectivity index (χ4v) is 4.00. The van der Waals surface area contributed by atoms with Crippen molar-refractivity contribution in [3.63, 3.8) is 0 Å². The Morgan fingerprint density at radius 3 is 2.64 bits per heavy atom. The van der Waals surface area contributed by atoms with Crippen LogP contribution in [0.25, 0.3) is 0 Å². The average Bonchev–Trinajstić information content (AvgIpc) is 3.12. The van der Waals surface area contributed by atoms with Crippen LogP contribution in [0.4, 0.5) is 10.5 Å². The molecule has 28 heavy (non-hydrogen) atoms. The van der Waals surface area contributed by atoms with E-state index >= 15 is 0 Å². The molecule has 0 bridgehead atoms. The van der Waals surface area contributed by atoms with Crippen molar-refractivity contribution in [2.24, 2.45) is 0 Å². The number of carbonyl (C=O) groups excluding carboxylic acids is 1. The SMILES string of the molecule is CCOc1ccc(NC(=O)N(CCN2CCOCC2)Cc2sccc2C)cc1. The van der Waals surface area contributed by atoms with Crippen molar-refractivity contribution in [3.05, 3.63) is 46.2 Å². The summed E-state index contributed by atoms with van der Waals surface area (Å²) < 4.78 is 10.9. The van der Waals surface area contributed by atoms with Crippen LogP contribution < -0.4 is 10.1 Å². The first-order valence-electron chi connectivity index (χ1n) is 9.77. The van der Waals surface area contributed by atoms with Gasteiger partial charge in [0.2, 0.25) is 0 Å². The lowest BCUT2D eigenvalue weighted by Crippen LogP contribution is -2.44. The molecular formula is C21H29N3O3S. The highest BCUT2D eigenvalue weighted by Gasteiger charge is 2.18. The molecule has 1 aromatic heterocycles. The number of nitrogens with one attached hydrogen (secondary N) is 1. The van der Waals surface area contributed by atoms with E-state index in [1.54, 1.807) is 11.3 Å². The van der Waals surface area contributed by atoms with Gasteiger partial charge in [-0.2, -0.15) is 0 Å². The van der Waals surface area contributed by atoms with Crippen LogP contribution in [-0.4, -0.2) is 61.8 Å². The molecule has 1 saturated heterocycles. The number of hydrogen-bond donors (Lipinski definition) is 1. The number of hydrogen-bond acceptors (Lipinski definition) is 5. The Morgan fingerprint density at radius 2 is 2.00 bits per heavy atom. The predicted octanol–water partition coefficient (Wildman–Crippen LogP) is 3.82. The van der Waals surface area contributed by atoms with Gasteiger partial charge in [0.15, 0.2) is 0 Å². The minimum absolute atomic E-state index is 0.0785. The monoisotopic (exact) mass is 403 g/mol. The Bertz CT molecular complexity index is 742. The third-order valence-electron chi connectivity index (χ3n) is 4.80. The molecule has 1 aromatic carbocycles. The number of aryl methyl sites for hydroxylation is 1. The molecule has 0 unspecified atom stereocenters. The van der Waals surface area contributed by atoms with Crippen molar-refractivity contribution < 1.29 is 14.3 Å². The van der Waals surface area contributed by atoms with Gasteiger partial charge >= 0.3 is 6.03 Å². The summed E-state index contributed by atoms with van der Waals surface area (Å²) in [4.78, 5) is 18.4. The lowest BCUT2D eigenvalue weighted by atomic mass is 10.2. The first-order valence-corrected chi connectivity index (χ1v) is 10.7. The van der Waals surface area contributed by atoms with Crippen LogP contribution >= 0.6 is 11.3 Å². The molecule has 3 rings (SSSR count). The number of carbonyl (C=O) groups is 1. The second-order valence-corrected chi connectivity index (χ2v) is 7.79. The van der Waals surface area contributed by atoms with Gasteiger partial charge in [0.1, 0.15) is 5.75 Å². The number of ether oxygens (including phenoxy) is 2. The second-order valence-electron chi connectivity index (χ2n) is 6.79. The molecular weight excluding hydrogens is 374 g/mol. The van der Waals surface area contributed by atoms with E-state index in [1.165, 1.54) is 10.4 Å². The van der Waals surface area contributed by atoms with Crippen molar-refractivity contribution in [1.29, 1.82) is 0 Å². The molecule has 0 aliphatic carbocycles. The predicted molar refractivity (Wildman–Crippen MR) is 113 cm³/mol. The maximum Gasteiger partial charge on any atom is 0.322 e.